The zero-order chi connectivity index (χ0) is 35.8. The van der Waals surface area contributed by atoms with E-state index >= 15 is 0 Å². The average Bonchev–Trinajstić information content (AvgIpc) is 3.64. The number of para-hydroxylation sites is 1. The number of rotatable bonds is 9. The first-order valence-electron chi connectivity index (χ1n) is 19.9. The molecule has 2 N–H and O–H groups in total. The molecule has 0 saturated carbocycles. The number of likely N-dealkylation sites (tertiary alicyclic amines) is 2. The van der Waals surface area contributed by atoms with Crippen molar-refractivity contribution in [2.45, 2.75) is 83.3 Å². The lowest BCUT2D eigenvalue weighted by atomic mass is 9.90. The molecule has 3 aromatic rings. The van der Waals surface area contributed by atoms with Gasteiger partial charge in [-0.2, -0.15) is 0 Å². The summed E-state index contributed by atoms with van der Waals surface area (Å²) in [5, 5.41) is 27.2. The zero-order valence-electron chi connectivity index (χ0n) is 31.3. The van der Waals surface area contributed by atoms with Gasteiger partial charge in [-0.3, -0.25) is 9.69 Å². The molecule has 2 aromatic heterocycles. The molecule has 0 spiro atoms. The molecule has 0 radical (unpaired) electrons. The molecule has 1 unspecified atom stereocenters. The molecule has 8 rings (SSSR count). The lowest BCUT2D eigenvalue weighted by molar-refractivity contribution is -0.119. The third-order valence-corrected chi connectivity index (χ3v) is 12.7. The summed E-state index contributed by atoms with van der Waals surface area (Å²) in [4.78, 5) is 25.3. The predicted molar refractivity (Wildman–Crippen MR) is 204 cm³/mol. The third kappa shape index (κ3) is 7.39. The summed E-state index contributed by atoms with van der Waals surface area (Å²) in [7, 11) is 0. The van der Waals surface area contributed by atoms with Gasteiger partial charge in [-0.15, -0.1) is 10.2 Å². The Labute approximate surface area is 308 Å². The highest BCUT2D eigenvalue weighted by Crippen LogP contribution is 2.37. The van der Waals surface area contributed by atoms with Crippen molar-refractivity contribution in [3.05, 3.63) is 42.2 Å². The summed E-state index contributed by atoms with van der Waals surface area (Å²) >= 11 is 0. The maximum atomic E-state index is 12.2. The van der Waals surface area contributed by atoms with Crippen LogP contribution in [0.5, 0.6) is 5.75 Å². The standard InChI is InChI=1S/C40H57N9O3/c1-27(2)39(28(3)50)37-23-38(44-52-37)48-18-12-31(13-19-48)47-16-10-30(11-17-47)46-14-8-29(9-15-46)25-45-20-21-49-32(26-45)24-41-40-35(49)22-34(42-43-40)33-6-4-5-7-36(33)51/h4-7,22-23,27,29-32,39,51H,8-21,24-26H2,1-3H3,(H,41,43)/t32-,39?/m0/s1. The van der Waals surface area contributed by atoms with Crippen LogP contribution < -0.4 is 15.1 Å². The molecular weight excluding hydrogens is 654 g/mol. The van der Waals surface area contributed by atoms with Gasteiger partial charge in [0, 0.05) is 69.5 Å². The number of aromatic nitrogens is 3. The van der Waals surface area contributed by atoms with Crippen molar-refractivity contribution in [1.29, 1.82) is 0 Å². The van der Waals surface area contributed by atoms with Gasteiger partial charge in [0.25, 0.3) is 0 Å². The second kappa shape index (κ2) is 15.3. The van der Waals surface area contributed by atoms with Crippen LogP contribution >= 0.6 is 0 Å². The number of ketones is 1. The van der Waals surface area contributed by atoms with Crippen LogP contribution in [-0.4, -0.2) is 131 Å². The molecule has 4 saturated heterocycles. The molecule has 4 fully saturated rings. The Hall–Kier alpha value is -3.74. The Morgan fingerprint density at radius 3 is 2.27 bits per heavy atom. The van der Waals surface area contributed by atoms with Gasteiger partial charge in [-0.1, -0.05) is 31.1 Å². The minimum Gasteiger partial charge on any atom is -0.507 e. The molecule has 280 valence electrons. The summed E-state index contributed by atoms with van der Waals surface area (Å²) in [6, 6.07) is 13.2. The van der Waals surface area contributed by atoms with Crippen LogP contribution in [0.2, 0.25) is 0 Å². The van der Waals surface area contributed by atoms with E-state index in [2.05, 4.69) is 65.1 Å². The van der Waals surface area contributed by atoms with Gasteiger partial charge in [-0.05, 0) is 102 Å². The van der Waals surface area contributed by atoms with Crippen molar-refractivity contribution in [2.75, 3.05) is 87.1 Å². The number of nitrogens with zero attached hydrogens (tertiary/aromatic N) is 8. The first-order chi connectivity index (χ1) is 25.3. The largest absolute Gasteiger partial charge is 0.507 e. The number of carbonyl (C=O) groups is 1. The van der Waals surface area contributed by atoms with Gasteiger partial charge < -0.3 is 34.5 Å². The van der Waals surface area contributed by atoms with Gasteiger partial charge in [0.1, 0.15) is 17.3 Å². The summed E-state index contributed by atoms with van der Waals surface area (Å²) in [6.45, 7) is 17.9. The summed E-state index contributed by atoms with van der Waals surface area (Å²) in [6.07, 6.45) is 7.49. The highest BCUT2D eigenvalue weighted by atomic mass is 16.5. The Bertz CT molecular complexity index is 1670. The van der Waals surface area contributed by atoms with E-state index in [4.69, 9.17) is 4.52 Å². The Morgan fingerprint density at radius 1 is 0.885 bits per heavy atom. The quantitative estimate of drug-likeness (QED) is 0.314. The molecule has 12 nitrogen and oxygen atoms in total. The molecule has 1 aromatic carbocycles. The van der Waals surface area contributed by atoms with Crippen LogP contribution in [0.1, 0.15) is 71.0 Å². The highest BCUT2D eigenvalue weighted by molar-refractivity contribution is 5.83. The van der Waals surface area contributed by atoms with Gasteiger partial charge in [0.15, 0.2) is 11.6 Å². The van der Waals surface area contributed by atoms with Gasteiger partial charge >= 0.3 is 0 Å². The molecule has 5 aliphatic rings. The van der Waals surface area contributed by atoms with Gasteiger partial charge in [0.05, 0.1) is 23.3 Å². The minimum atomic E-state index is -0.217. The third-order valence-electron chi connectivity index (χ3n) is 12.7. The number of anilines is 3. The van der Waals surface area contributed by atoms with E-state index in [-0.39, 0.29) is 23.4 Å². The number of aromatic hydroxyl groups is 1. The van der Waals surface area contributed by atoms with E-state index in [0.717, 1.165) is 87.0 Å². The number of phenolic OH excluding ortho intramolecular Hbond substituents is 1. The second-order valence-corrected chi connectivity index (χ2v) is 16.4. The fourth-order valence-corrected chi connectivity index (χ4v) is 9.86. The van der Waals surface area contributed by atoms with Crippen molar-refractivity contribution in [3.63, 3.8) is 0 Å². The van der Waals surface area contributed by atoms with Crippen LogP contribution in [-0.2, 0) is 4.79 Å². The van der Waals surface area contributed by atoms with Crippen molar-refractivity contribution in [2.24, 2.45) is 11.8 Å². The van der Waals surface area contributed by atoms with E-state index in [1.165, 1.54) is 58.4 Å². The lowest BCUT2D eigenvalue weighted by Gasteiger charge is -2.47. The zero-order valence-corrected chi connectivity index (χ0v) is 31.3. The molecule has 12 heteroatoms. The van der Waals surface area contributed by atoms with Crippen molar-refractivity contribution in [3.8, 4) is 17.0 Å². The first kappa shape index (κ1) is 35.3. The topological polar surface area (TPSA) is 117 Å². The molecule has 0 aliphatic carbocycles. The number of hydrogen-bond donors (Lipinski definition) is 2. The molecule has 2 atom stereocenters. The minimum absolute atomic E-state index is 0.140. The number of Topliss-reactive ketones (excluding diaryl/α,β-unsaturated/α-hetero) is 1. The number of phenols is 1. The number of hydrogen-bond acceptors (Lipinski definition) is 12. The van der Waals surface area contributed by atoms with E-state index in [9.17, 15) is 9.90 Å². The molecule has 0 bridgehead atoms. The van der Waals surface area contributed by atoms with Crippen LogP contribution in [0.25, 0.3) is 11.3 Å². The SMILES string of the molecule is CC(=O)C(c1cc(N2CCC(N3CCC(N4CCC(CN5CCN6c7cc(-c8ccccc8O)nnc7NC[C@H]6C5)CC4)CC3)CC2)no1)C(C)C. The fourth-order valence-electron chi connectivity index (χ4n) is 9.86. The lowest BCUT2D eigenvalue weighted by Crippen LogP contribution is -2.58. The fraction of sp³-hybridized carbons (Fsp3) is 0.650. The van der Waals surface area contributed by atoms with Crippen molar-refractivity contribution >= 4 is 23.1 Å². The Morgan fingerprint density at radius 2 is 1.58 bits per heavy atom. The molecular formula is C40H57N9O3. The second-order valence-electron chi connectivity index (χ2n) is 16.4. The first-order valence-corrected chi connectivity index (χ1v) is 19.9. The predicted octanol–water partition coefficient (Wildman–Crippen LogP) is 4.93. The Kier molecular flexibility index (Phi) is 10.4. The van der Waals surface area contributed by atoms with Crippen LogP contribution in [0.15, 0.2) is 40.9 Å². The number of piperidine rings is 3. The maximum absolute atomic E-state index is 12.2. The van der Waals surface area contributed by atoms with Gasteiger partial charge in [0.2, 0.25) is 0 Å². The Balaban J connectivity index is 0.761. The number of piperazine rings is 1. The van der Waals surface area contributed by atoms with E-state index in [1.54, 1.807) is 13.0 Å². The number of benzene rings is 1. The highest BCUT2D eigenvalue weighted by Gasteiger charge is 2.36. The number of carbonyl (C=O) groups excluding carboxylic acids is 1. The average molecular weight is 712 g/mol. The van der Waals surface area contributed by atoms with E-state index in [0.29, 0.717) is 23.5 Å². The van der Waals surface area contributed by atoms with E-state index in [1.807, 2.05) is 24.3 Å². The monoisotopic (exact) mass is 711 g/mol. The molecule has 52 heavy (non-hydrogen) atoms. The smallest absolute Gasteiger partial charge is 0.172 e. The normalized spacial score (nSPS) is 23.7. The number of nitrogens with one attached hydrogen (secondary N) is 1. The van der Waals surface area contributed by atoms with Crippen molar-refractivity contribution < 1.29 is 14.4 Å². The van der Waals surface area contributed by atoms with Gasteiger partial charge in [-0.25, -0.2) is 0 Å². The summed E-state index contributed by atoms with van der Waals surface area (Å²) in [5.74, 6) is 3.56. The molecule has 0 amide bonds. The number of fused-ring (bicyclic) bond motifs is 3. The van der Waals surface area contributed by atoms with E-state index < -0.39 is 0 Å². The maximum Gasteiger partial charge on any atom is 0.172 e. The summed E-state index contributed by atoms with van der Waals surface area (Å²) in [5.41, 5.74) is 2.53. The molecule has 5 aliphatic heterocycles. The summed E-state index contributed by atoms with van der Waals surface area (Å²) < 4.78 is 5.66. The van der Waals surface area contributed by atoms with Crippen molar-refractivity contribution in [1.82, 2.24) is 30.1 Å². The van der Waals surface area contributed by atoms with Crippen LogP contribution in [0, 0.1) is 11.8 Å². The molecule has 7 heterocycles. The van der Waals surface area contributed by atoms with Crippen LogP contribution in [0.4, 0.5) is 17.3 Å². The van der Waals surface area contributed by atoms with Crippen LogP contribution in [0.3, 0.4) is 0 Å².